The highest BCUT2D eigenvalue weighted by Gasteiger charge is 2.24. The van der Waals surface area contributed by atoms with Crippen molar-refractivity contribution in [2.24, 2.45) is 0 Å². The first-order valence-corrected chi connectivity index (χ1v) is 11.3. The summed E-state index contributed by atoms with van der Waals surface area (Å²) in [6.45, 7) is 0.722. The third kappa shape index (κ3) is 4.34. The normalized spacial score (nSPS) is 13.5. The molecule has 2 radical (unpaired) electrons. The van der Waals surface area contributed by atoms with E-state index in [4.69, 9.17) is 19.4 Å². The molecule has 0 saturated heterocycles. The molecule has 0 aliphatic carbocycles. The van der Waals surface area contributed by atoms with Crippen molar-refractivity contribution in [2.45, 2.75) is 28.4 Å². The molecule has 152 valence electrons. The van der Waals surface area contributed by atoms with Crippen LogP contribution in [-0.4, -0.2) is 34.6 Å². The zero-order chi connectivity index (χ0) is 21.2. The van der Waals surface area contributed by atoms with Crippen LogP contribution in [0.5, 0.6) is 0 Å². The molecule has 0 amide bonds. The molecular formula is C23H19BClN5S. The second-order valence-electron chi connectivity index (χ2n) is 7.42. The van der Waals surface area contributed by atoms with Crippen LogP contribution in [0.1, 0.15) is 12.2 Å². The maximum Gasteiger partial charge on any atom is 0.175 e. The van der Waals surface area contributed by atoms with E-state index in [0.29, 0.717) is 17.3 Å². The Morgan fingerprint density at radius 3 is 2.23 bits per heavy atom. The Morgan fingerprint density at radius 1 is 0.903 bits per heavy atom. The third-order valence-corrected chi connectivity index (χ3v) is 6.58. The molecule has 0 N–H and O–H groups in total. The van der Waals surface area contributed by atoms with Gasteiger partial charge in [0.05, 0.1) is 24.9 Å². The van der Waals surface area contributed by atoms with Crippen LogP contribution in [0.3, 0.4) is 0 Å². The fourth-order valence-electron chi connectivity index (χ4n) is 3.65. The molecule has 0 spiro atoms. The summed E-state index contributed by atoms with van der Waals surface area (Å²) < 4.78 is 0. The molecule has 1 unspecified atom stereocenters. The lowest BCUT2D eigenvalue weighted by Crippen LogP contribution is -2.25. The van der Waals surface area contributed by atoms with Crippen molar-refractivity contribution in [3.63, 3.8) is 0 Å². The summed E-state index contributed by atoms with van der Waals surface area (Å²) in [5.74, 6) is 0.645. The Hall–Kier alpha value is -2.77. The van der Waals surface area contributed by atoms with Crippen molar-refractivity contribution in [1.82, 2.24) is 20.2 Å². The van der Waals surface area contributed by atoms with Crippen molar-refractivity contribution < 1.29 is 0 Å². The van der Waals surface area contributed by atoms with Crippen LogP contribution in [0.15, 0.2) is 82.6 Å². The van der Waals surface area contributed by atoms with Crippen molar-refractivity contribution in [3.8, 4) is 5.69 Å². The summed E-state index contributed by atoms with van der Waals surface area (Å²) in [5, 5.41) is 13.5. The number of anilines is 2. The van der Waals surface area contributed by atoms with Crippen LogP contribution >= 0.6 is 23.4 Å². The van der Waals surface area contributed by atoms with Crippen LogP contribution in [-0.2, 0) is 6.42 Å². The topological polar surface area (TPSA) is 46.8 Å². The summed E-state index contributed by atoms with van der Waals surface area (Å²) in [6, 6.07) is 24.3. The molecule has 1 aromatic heterocycles. The van der Waals surface area contributed by atoms with Gasteiger partial charge >= 0.3 is 0 Å². The number of nitrogens with zero attached hydrogens (tertiary/aromatic N) is 5. The van der Waals surface area contributed by atoms with E-state index >= 15 is 0 Å². The third-order valence-electron chi connectivity index (χ3n) is 5.20. The van der Waals surface area contributed by atoms with Gasteiger partial charge in [-0.3, -0.25) is 0 Å². The van der Waals surface area contributed by atoms with Gasteiger partial charge in [-0.2, -0.15) is 0 Å². The first-order chi connectivity index (χ1) is 15.2. The number of halogens is 1. The van der Waals surface area contributed by atoms with Gasteiger partial charge in [0.25, 0.3) is 0 Å². The summed E-state index contributed by atoms with van der Waals surface area (Å²) in [5.41, 5.74) is 3.23. The molecule has 5 rings (SSSR count). The lowest BCUT2D eigenvalue weighted by atomic mass is 9.82. The van der Waals surface area contributed by atoms with E-state index in [9.17, 15) is 0 Å². The molecule has 0 bridgehead atoms. The Balaban J connectivity index is 1.27. The van der Waals surface area contributed by atoms with E-state index in [2.05, 4.69) is 68.8 Å². The molecule has 8 heteroatoms. The maximum atomic E-state index is 6.56. The quantitative estimate of drug-likeness (QED) is 0.368. The number of aromatic nitrogens is 4. The Labute approximate surface area is 191 Å². The number of benzene rings is 3. The Bertz CT molecular complexity index is 1150. The molecule has 3 aromatic carbocycles. The predicted molar refractivity (Wildman–Crippen MR) is 126 cm³/mol. The van der Waals surface area contributed by atoms with Crippen LogP contribution in [0.25, 0.3) is 5.69 Å². The molecule has 1 aliphatic rings. The number of fused-ring (bicyclic) bond motifs is 2. The minimum Gasteiger partial charge on any atom is -0.340 e. The fourth-order valence-corrected chi connectivity index (χ4v) is 4.87. The SMILES string of the molecule is [B]C(CCc1nnn(-c2ccc(Cl)cc2)n1)CN1c2ccccc2Sc2ccccc21. The standard InChI is InChI=1S/C23H19BClN5S/c24-16(9-14-23-26-28-30(27-23)18-12-10-17(25)11-13-18)15-29-19-5-1-3-7-21(19)31-22-8-4-2-6-20(22)29/h1-8,10-13,16H,9,14-15H2. The van der Waals surface area contributed by atoms with Gasteiger partial charge in [0, 0.05) is 27.8 Å². The van der Waals surface area contributed by atoms with Crippen LogP contribution in [0.4, 0.5) is 11.4 Å². The predicted octanol–water partition coefficient (Wildman–Crippen LogP) is 5.51. The highest BCUT2D eigenvalue weighted by atomic mass is 35.5. The molecular weight excluding hydrogens is 425 g/mol. The van der Waals surface area contributed by atoms with Crippen molar-refractivity contribution >= 4 is 42.6 Å². The van der Waals surface area contributed by atoms with Gasteiger partial charge in [0.2, 0.25) is 0 Å². The molecule has 1 atom stereocenters. The van der Waals surface area contributed by atoms with E-state index in [1.165, 1.54) is 26.0 Å². The molecule has 4 aromatic rings. The highest BCUT2D eigenvalue weighted by molar-refractivity contribution is 7.99. The van der Waals surface area contributed by atoms with Gasteiger partial charge in [-0.1, -0.05) is 53.4 Å². The Morgan fingerprint density at radius 2 is 1.55 bits per heavy atom. The van der Waals surface area contributed by atoms with E-state index < -0.39 is 0 Å². The summed E-state index contributed by atoms with van der Waals surface area (Å²) in [7, 11) is 6.56. The smallest absolute Gasteiger partial charge is 0.175 e. The van der Waals surface area contributed by atoms with Gasteiger partial charge in [0.1, 0.15) is 0 Å². The Kier molecular flexibility index (Phi) is 5.70. The molecule has 5 nitrogen and oxygen atoms in total. The number of rotatable bonds is 6. The zero-order valence-corrected chi connectivity index (χ0v) is 18.3. The van der Waals surface area contributed by atoms with Gasteiger partial charge in [-0.05, 0) is 60.2 Å². The van der Waals surface area contributed by atoms with Gasteiger partial charge in [-0.15, -0.1) is 15.0 Å². The van der Waals surface area contributed by atoms with Crippen LogP contribution in [0.2, 0.25) is 10.8 Å². The van der Waals surface area contributed by atoms with Crippen LogP contribution in [0, 0.1) is 0 Å². The maximum absolute atomic E-state index is 6.56. The average molecular weight is 444 g/mol. The molecule has 1 aliphatic heterocycles. The molecule has 0 fully saturated rings. The monoisotopic (exact) mass is 443 g/mol. The van der Waals surface area contributed by atoms with E-state index in [-0.39, 0.29) is 5.82 Å². The summed E-state index contributed by atoms with van der Waals surface area (Å²) in [6.07, 6.45) is 1.43. The minimum atomic E-state index is -0.0355. The number of para-hydroxylation sites is 2. The summed E-state index contributed by atoms with van der Waals surface area (Å²) in [4.78, 5) is 6.34. The van der Waals surface area contributed by atoms with E-state index in [0.717, 1.165) is 18.7 Å². The van der Waals surface area contributed by atoms with Gasteiger partial charge < -0.3 is 4.90 Å². The van der Waals surface area contributed by atoms with Crippen molar-refractivity contribution in [2.75, 3.05) is 11.4 Å². The van der Waals surface area contributed by atoms with Crippen molar-refractivity contribution in [1.29, 1.82) is 0 Å². The zero-order valence-electron chi connectivity index (χ0n) is 16.7. The lowest BCUT2D eigenvalue weighted by molar-refractivity contribution is 0.693. The number of tetrazole rings is 1. The molecule has 31 heavy (non-hydrogen) atoms. The number of aryl methyl sites for hydroxylation is 1. The largest absolute Gasteiger partial charge is 0.340 e. The number of hydrogen-bond acceptors (Lipinski definition) is 5. The minimum absolute atomic E-state index is 0.0355. The second-order valence-corrected chi connectivity index (χ2v) is 8.94. The van der Waals surface area contributed by atoms with Gasteiger partial charge in [-0.25, -0.2) is 0 Å². The van der Waals surface area contributed by atoms with Crippen molar-refractivity contribution in [3.05, 3.63) is 83.6 Å². The van der Waals surface area contributed by atoms with E-state index in [1.807, 2.05) is 24.3 Å². The van der Waals surface area contributed by atoms with Crippen LogP contribution < -0.4 is 4.90 Å². The highest BCUT2D eigenvalue weighted by Crippen LogP contribution is 2.48. The summed E-state index contributed by atoms with van der Waals surface area (Å²) >= 11 is 7.75. The fraction of sp³-hybridized carbons (Fsp3) is 0.174. The second kappa shape index (κ2) is 8.77. The first-order valence-electron chi connectivity index (χ1n) is 10.1. The van der Waals surface area contributed by atoms with E-state index in [1.54, 1.807) is 11.8 Å². The lowest BCUT2D eigenvalue weighted by Gasteiger charge is -2.34. The van der Waals surface area contributed by atoms with Gasteiger partial charge in [0.15, 0.2) is 5.82 Å². The molecule has 2 heterocycles. The average Bonchev–Trinajstić information content (AvgIpc) is 3.27. The molecule has 0 saturated carbocycles. The number of hydrogen-bond donors (Lipinski definition) is 0. The first kappa shape index (κ1) is 20.2.